The minimum atomic E-state index is -0.497. The lowest BCUT2D eigenvalue weighted by Gasteiger charge is -2.16. The zero-order valence-electron chi connectivity index (χ0n) is 11.1. The van der Waals surface area contributed by atoms with Crippen LogP contribution in [-0.4, -0.2) is 39.1 Å². The van der Waals surface area contributed by atoms with E-state index in [1.165, 1.54) is 0 Å². The van der Waals surface area contributed by atoms with E-state index < -0.39 is 6.10 Å². The van der Waals surface area contributed by atoms with E-state index in [1.807, 2.05) is 12.1 Å². The lowest BCUT2D eigenvalue weighted by molar-refractivity contribution is 0.172. The Bertz CT molecular complexity index is 381. The van der Waals surface area contributed by atoms with Gasteiger partial charge in [-0.3, -0.25) is 0 Å². The molecule has 0 bridgehead atoms. The molecule has 18 heavy (non-hydrogen) atoms. The van der Waals surface area contributed by atoms with E-state index in [1.54, 1.807) is 21.3 Å². The molecular weight excluding hydrogens is 234 g/mol. The number of hydrogen-bond acceptors (Lipinski definition) is 5. The molecule has 0 radical (unpaired) electrons. The van der Waals surface area contributed by atoms with Crippen molar-refractivity contribution in [3.63, 3.8) is 0 Å². The first-order valence-electron chi connectivity index (χ1n) is 5.83. The SMILES string of the molecule is COc1ccc(CCC(O)CN)c(OC)c1OC. The summed E-state index contributed by atoms with van der Waals surface area (Å²) in [6.07, 6.45) is 0.757. The van der Waals surface area contributed by atoms with Crippen molar-refractivity contribution in [1.82, 2.24) is 0 Å². The summed E-state index contributed by atoms with van der Waals surface area (Å²) in [4.78, 5) is 0. The fraction of sp³-hybridized carbons (Fsp3) is 0.538. The van der Waals surface area contributed by atoms with Gasteiger partial charge in [-0.2, -0.15) is 0 Å². The molecule has 0 aliphatic carbocycles. The quantitative estimate of drug-likeness (QED) is 0.759. The third-order valence-electron chi connectivity index (χ3n) is 2.80. The number of aryl methyl sites for hydroxylation is 1. The summed E-state index contributed by atoms with van der Waals surface area (Å²) in [6.45, 7) is 0.260. The van der Waals surface area contributed by atoms with Crippen LogP contribution in [0.15, 0.2) is 12.1 Å². The molecule has 5 nitrogen and oxygen atoms in total. The van der Waals surface area contributed by atoms with Gasteiger partial charge in [-0.15, -0.1) is 0 Å². The van der Waals surface area contributed by atoms with Crippen molar-refractivity contribution in [1.29, 1.82) is 0 Å². The first-order valence-corrected chi connectivity index (χ1v) is 5.83. The van der Waals surface area contributed by atoms with E-state index in [4.69, 9.17) is 19.9 Å². The zero-order valence-corrected chi connectivity index (χ0v) is 11.1. The average molecular weight is 255 g/mol. The number of nitrogens with two attached hydrogens (primary N) is 1. The molecular formula is C13H21NO4. The van der Waals surface area contributed by atoms with Crippen LogP contribution >= 0.6 is 0 Å². The summed E-state index contributed by atoms with van der Waals surface area (Å²) in [6, 6.07) is 3.73. The van der Waals surface area contributed by atoms with E-state index in [0.717, 1.165) is 5.56 Å². The molecule has 0 aliphatic rings. The molecule has 0 heterocycles. The maximum absolute atomic E-state index is 9.49. The smallest absolute Gasteiger partial charge is 0.203 e. The molecule has 1 unspecified atom stereocenters. The van der Waals surface area contributed by atoms with Gasteiger partial charge in [0.05, 0.1) is 27.4 Å². The molecule has 1 aromatic carbocycles. The number of benzene rings is 1. The summed E-state index contributed by atoms with van der Waals surface area (Å²) in [5.41, 5.74) is 6.34. The van der Waals surface area contributed by atoms with Crippen molar-refractivity contribution in [3.05, 3.63) is 17.7 Å². The van der Waals surface area contributed by atoms with E-state index in [0.29, 0.717) is 30.1 Å². The summed E-state index contributed by atoms with van der Waals surface area (Å²) >= 11 is 0. The second-order valence-corrected chi connectivity index (χ2v) is 3.92. The number of ether oxygens (including phenoxy) is 3. The molecule has 0 aromatic heterocycles. The lowest BCUT2D eigenvalue weighted by Crippen LogP contribution is -2.20. The first-order chi connectivity index (χ1) is 8.67. The topological polar surface area (TPSA) is 73.9 Å². The number of methoxy groups -OCH3 is 3. The Morgan fingerprint density at radius 2 is 1.78 bits per heavy atom. The number of hydrogen-bond donors (Lipinski definition) is 2. The molecule has 0 aliphatic heterocycles. The van der Waals surface area contributed by atoms with Crippen LogP contribution in [0.25, 0.3) is 0 Å². The highest BCUT2D eigenvalue weighted by Crippen LogP contribution is 2.40. The molecule has 0 spiro atoms. The van der Waals surface area contributed by atoms with Crippen LogP contribution in [0, 0.1) is 0 Å². The molecule has 1 atom stereocenters. The van der Waals surface area contributed by atoms with Crippen molar-refractivity contribution >= 4 is 0 Å². The molecule has 102 valence electrons. The number of aliphatic hydroxyl groups is 1. The molecule has 0 saturated carbocycles. The molecule has 0 amide bonds. The van der Waals surface area contributed by atoms with Crippen molar-refractivity contribution in [2.24, 2.45) is 5.73 Å². The normalized spacial score (nSPS) is 12.1. The summed E-state index contributed by atoms with van der Waals surface area (Å²) in [5, 5.41) is 9.49. The average Bonchev–Trinajstić information content (AvgIpc) is 2.43. The Morgan fingerprint density at radius 1 is 1.11 bits per heavy atom. The van der Waals surface area contributed by atoms with Gasteiger partial charge in [0.15, 0.2) is 11.5 Å². The minimum Gasteiger partial charge on any atom is -0.493 e. The Kier molecular flexibility index (Phi) is 5.74. The van der Waals surface area contributed by atoms with Gasteiger partial charge >= 0.3 is 0 Å². The van der Waals surface area contributed by atoms with Gasteiger partial charge < -0.3 is 25.1 Å². The zero-order chi connectivity index (χ0) is 13.5. The fourth-order valence-electron chi connectivity index (χ4n) is 1.80. The van der Waals surface area contributed by atoms with Crippen LogP contribution < -0.4 is 19.9 Å². The first kappa shape index (κ1) is 14.6. The fourth-order valence-corrected chi connectivity index (χ4v) is 1.80. The van der Waals surface area contributed by atoms with E-state index >= 15 is 0 Å². The molecule has 0 saturated heterocycles. The van der Waals surface area contributed by atoms with Gasteiger partial charge in [-0.25, -0.2) is 0 Å². The number of aliphatic hydroxyl groups excluding tert-OH is 1. The molecule has 1 rings (SSSR count). The van der Waals surface area contributed by atoms with E-state index in [-0.39, 0.29) is 6.54 Å². The third kappa shape index (κ3) is 3.27. The highest BCUT2D eigenvalue weighted by atomic mass is 16.5. The predicted molar refractivity (Wildman–Crippen MR) is 69.5 cm³/mol. The van der Waals surface area contributed by atoms with Crippen molar-refractivity contribution < 1.29 is 19.3 Å². The second kappa shape index (κ2) is 7.08. The molecule has 5 heteroatoms. The van der Waals surface area contributed by atoms with Crippen LogP contribution in [0.3, 0.4) is 0 Å². The Labute approximate surface area is 107 Å². The van der Waals surface area contributed by atoms with Gasteiger partial charge in [-0.05, 0) is 24.5 Å². The Morgan fingerprint density at radius 3 is 2.28 bits per heavy atom. The largest absolute Gasteiger partial charge is 0.493 e. The molecule has 3 N–H and O–H groups in total. The number of rotatable bonds is 7. The third-order valence-corrected chi connectivity index (χ3v) is 2.80. The Hall–Kier alpha value is -1.46. The highest BCUT2D eigenvalue weighted by Gasteiger charge is 2.16. The highest BCUT2D eigenvalue weighted by molar-refractivity contribution is 5.55. The molecule has 0 fully saturated rings. The van der Waals surface area contributed by atoms with Gasteiger partial charge in [0.25, 0.3) is 0 Å². The van der Waals surface area contributed by atoms with Gasteiger partial charge in [0, 0.05) is 6.54 Å². The van der Waals surface area contributed by atoms with Gasteiger partial charge in [0.2, 0.25) is 5.75 Å². The van der Waals surface area contributed by atoms with Crippen LogP contribution in [0.1, 0.15) is 12.0 Å². The van der Waals surface area contributed by atoms with Crippen molar-refractivity contribution in [2.45, 2.75) is 18.9 Å². The summed E-state index contributed by atoms with van der Waals surface area (Å²) in [7, 11) is 4.73. The van der Waals surface area contributed by atoms with Crippen molar-refractivity contribution in [3.8, 4) is 17.2 Å². The van der Waals surface area contributed by atoms with Crippen LogP contribution in [-0.2, 0) is 6.42 Å². The van der Waals surface area contributed by atoms with Crippen molar-refractivity contribution in [2.75, 3.05) is 27.9 Å². The standard InChI is InChI=1S/C13H21NO4/c1-16-11-7-5-9(4-6-10(15)8-14)12(17-2)13(11)18-3/h5,7,10,15H,4,6,8,14H2,1-3H3. The van der Waals surface area contributed by atoms with Crippen LogP contribution in [0.2, 0.25) is 0 Å². The maximum atomic E-state index is 9.49. The summed E-state index contributed by atoms with van der Waals surface area (Å²) < 4.78 is 15.9. The van der Waals surface area contributed by atoms with Gasteiger partial charge in [-0.1, -0.05) is 6.07 Å². The predicted octanol–water partition coefficient (Wildman–Crippen LogP) is 0.965. The second-order valence-electron chi connectivity index (χ2n) is 3.92. The molecule has 1 aromatic rings. The van der Waals surface area contributed by atoms with Crippen LogP contribution in [0.4, 0.5) is 0 Å². The minimum absolute atomic E-state index is 0.260. The monoisotopic (exact) mass is 255 g/mol. The maximum Gasteiger partial charge on any atom is 0.203 e. The summed E-state index contributed by atoms with van der Waals surface area (Å²) in [5.74, 6) is 1.83. The van der Waals surface area contributed by atoms with E-state index in [9.17, 15) is 5.11 Å². The lowest BCUT2D eigenvalue weighted by atomic mass is 10.0. The van der Waals surface area contributed by atoms with Gasteiger partial charge in [0.1, 0.15) is 0 Å². The van der Waals surface area contributed by atoms with Crippen LogP contribution in [0.5, 0.6) is 17.2 Å². The van der Waals surface area contributed by atoms with E-state index in [2.05, 4.69) is 0 Å². The Balaban J connectivity index is 2.97.